The van der Waals surface area contributed by atoms with Gasteiger partial charge in [-0.15, -0.1) is 11.8 Å². The normalized spacial score (nSPS) is 10.6. The van der Waals surface area contributed by atoms with E-state index in [0.717, 1.165) is 4.90 Å². The molecular weight excluding hydrogens is 348 g/mol. The van der Waals surface area contributed by atoms with Gasteiger partial charge < -0.3 is 9.47 Å². The quantitative estimate of drug-likeness (QED) is 0.463. The summed E-state index contributed by atoms with van der Waals surface area (Å²) in [6.45, 7) is 0. The van der Waals surface area contributed by atoms with Gasteiger partial charge in [-0.2, -0.15) is 5.10 Å². The lowest BCUT2D eigenvalue weighted by Gasteiger charge is -2.09. The van der Waals surface area contributed by atoms with Crippen molar-refractivity contribution in [3.05, 3.63) is 53.1 Å². The second-order valence-corrected chi connectivity index (χ2v) is 6.10. The molecule has 0 aliphatic rings. The van der Waals surface area contributed by atoms with E-state index in [4.69, 9.17) is 21.1 Å². The number of hydrogen-bond donors (Lipinski definition) is 1. The van der Waals surface area contributed by atoms with Gasteiger partial charge in [0.15, 0.2) is 11.5 Å². The van der Waals surface area contributed by atoms with Gasteiger partial charge in [0.2, 0.25) is 5.91 Å². The fraction of sp³-hybridized carbons (Fsp3) is 0.176. The lowest BCUT2D eigenvalue weighted by Crippen LogP contribution is -2.19. The highest BCUT2D eigenvalue weighted by Crippen LogP contribution is 2.29. The molecule has 0 atom stereocenters. The van der Waals surface area contributed by atoms with Crippen LogP contribution in [0.3, 0.4) is 0 Å². The summed E-state index contributed by atoms with van der Waals surface area (Å²) in [6, 6.07) is 12.7. The Hall–Kier alpha value is -2.18. The molecular formula is C17H17ClN2O3S. The van der Waals surface area contributed by atoms with Crippen molar-refractivity contribution >= 4 is 35.5 Å². The molecule has 126 valence electrons. The SMILES string of the molecule is COc1cccc(/C=N\NC(=O)CSc2ccc(Cl)cc2)c1OC. The zero-order valence-corrected chi connectivity index (χ0v) is 14.9. The topological polar surface area (TPSA) is 59.9 Å². The summed E-state index contributed by atoms with van der Waals surface area (Å²) in [4.78, 5) is 12.8. The number of benzene rings is 2. The zero-order chi connectivity index (χ0) is 17.4. The first-order valence-electron chi connectivity index (χ1n) is 7.05. The molecule has 0 unspecified atom stereocenters. The van der Waals surface area contributed by atoms with Crippen molar-refractivity contribution in [1.29, 1.82) is 0 Å². The largest absolute Gasteiger partial charge is 0.493 e. The Morgan fingerprint density at radius 2 is 1.96 bits per heavy atom. The molecule has 0 saturated heterocycles. The minimum atomic E-state index is -0.201. The van der Waals surface area contributed by atoms with Gasteiger partial charge in [-0.1, -0.05) is 17.7 Å². The zero-order valence-electron chi connectivity index (χ0n) is 13.3. The molecule has 0 spiro atoms. The van der Waals surface area contributed by atoms with Crippen LogP contribution in [0.5, 0.6) is 11.5 Å². The molecule has 0 saturated carbocycles. The molecule has 0 aliphatic heterocycles. The Morgan fingerprint density at radius 3 is 2.62 bits per heavy atom. The third kappa shape index (κ3) is 5.18. The monoisotopic (exact) mass is 364 g/mol. The van der Waals surface area contributed by atoms with Crippen molar-refractivity contribution in [1.82, 2.24) is 5.43 Å². The minimum absolute atomic E-state index is 0.201. The maximum atomic E-state index is 11.8. The molecule has 0 aromatic heterocycles. The van der Waals surface area contributed by atoms with Crippen molar-refractivity contribution in [2.45, 2.75) is 4.90 Å². The van der Waals surface area contributed by atoms with Crippen molar-refractivity contribution in [3.63, 3.8) is 0 Å². The fourth-order valence-electron chi connectivity index (χ4n) is 1.90. The maximum absolute atomic E-state index is 11.8. The lowest BCUT2D eigenvalue weighted by molar-refractivity contribution is -0.118. The predicted molar refractivity (Wildman–Crippen MR) is 97.5 cm³/mol. The molecule has 0 radical (unpaired) electrons. The molecule has 1 N–H and O–H groups in total. The first kappa shape index (κ1) is 18.2. The number of hydrazone groups is 1. The third-order valence-corrected chi connectivity index (χ3v) is 4.27. The van der Waals surface area contributed by atoms with Crippen LogP contribution in [-0.2, 0) is 4.79 Å². The summed E-state index contributed by atoms with van der Waals surface area (Å²) in [5.41, 5.74) is 3.20. The van der Waals surface area contributed by atoms with E-state index in [9.17, 15) is 4.79 Å². The van der Waals surface area contributed by atoms with E-state index in [1.807, 2.05) is 24.3 Å². The number of ether oxygens (including phenoxy) is 2. The van der Waals surface area contributed by atoms with Crippen molar-refractivity contribution in [2.24, 2.45) is 5.10 Å². The standard InChI is InChI=1S/C17H17ClN2O3S/c1-22-15-5-3-4-12(17(15)23-2)10-19-20-16(21)11-24-14-8-6-13(18)7-9-14/h3-10H,11H2,1-2H3,(H,20,21)/b19-10-. The molecule has 2 rings (SSSR count). The van der Waals surface area contributed by atoms with Crippen LogP contribution in [0, 0.1) is 0 Å². The summed E-state index contributed by atoms with van der Waals surface area (Å²) in [5.74, 6) is 1.22. The second kappa shape index (κ2) is 9.20. The van der Waals surface area contributed by atoms with Gasteiger partial charge in [0.1, 0.15) is 0 Å². The molecule has 0 aliphatic carbocycles. The van der Waals surface area contributed by atoms with Gasteiger partial charge in [0, 0.05) is 15.5 Å². The van der Waals surface area contributed by atoms with Crippen LogP contribution in [0.15, 0.2) is 52.5 Å². The number of thioether (sulfide) groups is 1. The molecule has 24 heavy (non-hydrogen) atoms. The highest BCUT2D eigenvalue weighted by atomic mass is 35.5. The molecule has 5 nitrogen and oxygen atoms in total. The summed E-state index contributed by atoms with van der Waals surface area (Å²) in [5, 5.41) is 4.62. The lowest BCUT2D eigenvalue weighted by atomic mass is 10.2. The van der Waals surface area contributed by atoms with Crippen molar-refractivity contribution in [2.75, 3.05) is 20.0 Å². The van der Waals surface area contributed by atoms with Crippen molar-refractivity contribution < 1.29 is 14.3 Å². The first-order valence-corrected chi connectivity index (χ1v) is 8.41. The first-order chi connectivity index (χ1) is 11.6. The number of para-hydroxylation sites is 1. The average Bonchev–Trinajstić information content (AvgIpc) is 2.61. The van der Waals surface area contributed by atoms with E-state index in [0.29, 0.717) is 22.1 Å². The number of carbonyl (C=O) groups is 1. The summed E-state index contributed by atoms with van der Waals surface area (Å²) >= 11 is 7.23. The van der Waals surface area contributed by atoms with Crippen LogP contribution in [0.1, 0.15) is 5.56 Å². The van der Waals surface area contributed by atoms with Gasteiger partial charge in [-0.25, -0.2) is 5.43 Å². The highest BCUT2D eigenvalue weighted by molar-refractivity contribution is 8.00. The van der Waals surface area contributed by atoms with E-state index in [1.165, 1.54) is 18.0 Å². The fourth-order valence-corrected chi connectivity index (χ4v) is 2.72. The van der Waals surface area contributed by atoms with E-state index >= 15 is 0 Å². The molecule has 0 bridgehead atoms. The van der Waals surface area contributed by atoms with Crippen LogP contribution in [0.4, 0.5) is 0 Å². The van der Waals surface area contributed by atoms with Crippen LogP contribution in [-0.4, -0.2) is 32.1 Å². The second-order valence-electron chi connectivity index (χ2n) is 4.62. The smallest absolute Gasteiger partial charge is 0.250 e. The number of methoxy groups -OCH3 is 2. The minimum Gasteiger partial charge on any atom is -0.493 e. The summed E-state index contributed by atoms with van der Waals surface area (Å²) in [6.07, 6.45) is 1.52. The Labute approximate surface area is 150 Å². The van der Waals surface area contributed by atoms with E-state index in [1.54, 1.807) is 32.4 Å². The number of carbonyl (C=O) groups excluding carboxylic acids is 1. The predicted octanol–water partition coefficient (Wildman–Crippen LogP) is 3.60. The molecule has 0 fully saturated rings. The summed E-state index contributed by atoms with van der Waals surface area (Å²) < 4.78 is 10.5. The molecule has 2 aromatic rings. The van der Waals surface area contributed by atoms with Crippen LogP contribution in [0.2, 0.25) is 5.02 Å². The van der Waals surface area contributed by atoms with Gasteiger partial charge in [-0.05, 0) is 36.4 Å². The van der Waals surface area contributed by atoms with Gasteiger partial charge in [0.25, 0.3) is 0 Å². The Morgan fingerprint density at radius 1 is 1.21 bits per heavy atom. The third-order valence-electron chi connectivity index (χ3n) is 3.01. The number of hydrogen-bond acceptors (Lipinski definition) is 5. The highest BCUT2D eigenvalue weighted by Gasteiger charge is 2.07. The van der Waals surface area contributed by atoms with Crippen molar-refractivity contribution in [3.8, 4) is 11.5 Å². The molecule has 1 amide bonds. The van der Waals surface area contributed by atoms with Gasteiger partial charge in [0.05, 0.1) is 26.2 Å². The van der Waals surface area contributed by atoms with E-state index < -0.39 is 0 Å². The number of amides is 1. The van der Waals surface area contributed by atoms with Gasteiger partial charge >= 0.3 is 0 Å². The number of halogens is 1. The Bertz CT molecular complexity index is 720. The Balaban J connectivity index is 1.89. The molecule has 0 heterocycles. The molecule has 7 heteroatoms. The number of rotatable bonds is 7. The summed E-state index contributed by atoms with van der Waals surface area (Å²) in [7, 11) is 3.12. The Kier molecular flexibility index (Phi) is 6.96. The van der Waals surface area contributed by atoms with E-state index in [-0.39, 0.29) is 11.7 Å². The van der Waals surface area contributed by atoms with Crippen LogP contribution < -0.4 is 14.9 Å². The molecule has 2 aromatic carbocycles. The van der Waals surface area contributed by atoms with Crippen LogP contribution in [0.25, 0.3) is 0 Å². The number of nitrogens with zero attached hydrogens (tertiary/aromatic N) is 1. The average molecular weight is 365 g/mol. The van der Waals surface area contributed by atoms with Crippen LogP contribution >= 0.6 is 23.4 Å². The van der Waals surface area contributed by atoms with E-state index in [2.05, 4.69) is 10.5 Å². The number of nitrogens with one attached hydrogen (secondary N) is 1. The maximum Gasteiger partial charge on any atom is 0.250 e. The van der Waals surface area contributed by atoms with Gasteiger partial charge in [-0.3, -0.25) is 4.79 Å².